The molecule has 0 atom stereocenters. The van der Waals surface area contributed by atoms with Gasteiger partial charge in [0.05, 0.1) is 0 Å². The van der Waals surface area contributed by atoms with Gasteiger partial charge in [-0.15, -0.1) is 0 Å². The molecular formula is C8H9Cu. The fourth-order valence-electron chi connectivity index (χ4n) is 0.592. The van der Waals surface area contributed by atoms with Crippen LogP contribution in [-0.4, -0.2) is 5.42 Å². The Morgan fingerprint density at radius 1 is 1.22 bits per heavy atom. The van der Waals surface area contributed by atoms with Gasteiger partial charge in [0.2, 0.25) is 0 Å². The van der Waals surface area contributed by atoms with Gasteiger partial charge in [-0.25, -0.2) is 0 Å². The van der Waals surface area contributed by atoms with Gasteiger partial charge in [0, 0.05) is 0 Å². The molecule has 0 fully saturated rings. The molecule has 0 radical (unpaired) electrons. The molecule has 1 aromatic carbocycles. The third kappa shape index (κ3) is 1.78. The minimum absolute atomic E-state index is 1.21. The van der Waals surface area contributed by atoms with Crippen LogP contribution < -0.4 is 4.46 Å². The van der Waals surface area contributed by atoms with Crippen molar-refractivity contribution in [3.63, 3.8) is 0 Å². The number of hydrogen-bond donors (Lipinski definition) is 0. The maximum absolute atomic E-state index is 3.69. The SMILES string of the molecule is [CH2]=[Cu][c]1ccc(C)cc1. The molecule has 0 N–H and O–H groups in total. The van der Waals surface area contributed by atoms with Crippen LogP contribution in [-0.2, 0) is 14.5 Å². The van der Waals surface area contributed by atoms with Crippen LogP contribution >= 0.6 is 0 Å². The Labute approximate surface area is 61.6 Å². The molecule has 0 unspecified atom stereocenters. The van der Waals surface area contributed by atoms with E-state index in [0.29, 0.717) is 0 Å². The summed E-state index contributed by atoms with van der Waals surface area (Å²) in [5.74, 6) is 0. The fraction of sp³-hybridized carbons (Fsp3) is 0.125. The molecule has 0 aliphatic carbocycles. The second-order valence-corrected chi connectivity index (χ2v) is 2.73. The first-order chi connectivity index (χ1) is 4.33. The third-order valence-corrected chi connectivity index (χ3v) is 1.81. The zero-order valence-corrected chi connectivity index (χ0v) is 6.26. The molecule has 0 spiro atoms. The molecule has 1 aromatic rings. The average molecular weight is 169 g/mol. The van der Waals surface area contributed by atoms with Crippen LogP contribution in [0.2, 0.25) is 0 Å². The second kappa shape index (κ2) is 2.95. The summed E-state index contributed by atoms with van der Waals surface area (Å²) >= 11 is 1.61. The molecule has 9 heavy (non-hydrogen) atoms. The van der Waals surface area contributed by atoms with E-state index in [1.807, 2.05) is 0 Å². The number of benzene rings is 1. The first-order valence-electron chi connectivity index (χ1n) is 2.69. The van der Waals surface area contributed by atoms with Crippen LogP contribution in [0.3, 0.4) is 0 Å². The molecule has 0 aliphatic heterocycles. The van der Waals surface area contributed by atoms with Crippen molar-refractivity contribution >= 4 is 9.89 Å². The topological polar surface area (TPSA) is 0 Å². The summed E-state index contributed by atoms with van der Waals surface area (Å²) in [6, 6.07) is 8.32. The first-order valence-corrected chi connectivity index (χ1v) is 3.82. The monoisotopic (exact) mass is 168 g/mol. The summed E-state index contributed by atoms with van der Waals surface area (Å²) in [6.07, 6.45) is 0. The van der Waals surface area contributed by atoms with E-state index in [2.05, 4.69) is 36.6 Å². The number of rotatable bonds is 1. The molecule has 0 aliphatic rings. The summed E-state index contributed by atoms with van der Waals surface area (Å²) in [4.78, 5) is 0. The van der Waals surface area contributed by atoms with Crippen molar-refractivity contribution in [2.24, 2.45) is 0 Å². The van der Waals surface area contributed by atoms with E-state index in [9.17, 15) is 0 Å². The normalized spacial score (nSPS) is 9.89. The van der Waals surface area contributed by atoms with Crippen LogP contribution in [0.15, 0.2) is 24.3 Å². The average Bonchev–Trinajstić information content (AvgIpc) is 1.90. The standard InChI is InChI=1S/C7H7.CH2.Cu/c1-7-5-3-2-4-6-7;;/h3-6H,1H3;1H2;. The summed E-state index contributed by atoms with van der Waals surface area (Å²) in [5, 5.41) is 0. The van der Waals surface area contributed by atoms with Crippen molar-refractivity contribution in [1.29, 1.82) is 0 Å². The van der Waals surface area contributed by atoms with Crippen LogP contribution in [0.1, 0.15) is 5.56 Å². The Bertz CT molecular complexity index is 198. The summed E-state index contributed by atoms with van der Waals surface area (Å²) in [5.41, 5.74) is 4.99. The van der Waals surface area contributed by atoms with Crippen molar-refractivity contribution in [3.05, 3.63) is 29.8 Å². The maximum atomic E-state index is 3.69. The Kier molecular flexibility index (Phi) is 2.21. The molecule has 52 valence electrons. The van der Waals surface area contributed by atoms with Gasteiger partial charge in [-0.1, -0.05) is 0 Å². The van der Waals surface area contributed by atoms with E-state index in [-0.39, 0.29) is 0 Å². The van der Waals surface area contributed by atoms with Crippen LogP contribution in [0, 0.1) is 6.92 Å². The molecular weight excluding hydrogens is 160 g/mol. The zero-order valence-electron chi connectivity index (χ0n) is 5.32. The zero-order chi connectivity index (χ0) is 6.69. The van der Waals surface area contributed by atoms with Gasteiger partial charge < -0.3 is 0 Å². The molecule has 0 amide bonds. The van der Waals surface area contributed by atoms with Gasteiger partial charge in [0.25, 0.3) is 0 Å². The molecule has 0 nitrogen and oxygen atoms in total. The van der Waals surface area contributed by atoms with E-state index >= 15 is 0 Å². The summed E-state index contributed by atoms with van der Waals surface area (Å²) in [7, 11) is 0. The second-order valence-electron chi connectivity index (χ2n) is 1.86. The van der Waals surface area contributed by atoms with Crippen LogP contribution in [0.4, 0.5) is 0 Å². The summed E-state index contributed by atoms with van der Waals surface area (Å²) < 4.78 is 1.21. The number of aryl methyl sites for hydroxylation is 1. The van der Waals surface area contributed by atoms with E-state index in [1.165, 1.54) is 10.0 Å². The quantitative estimate of drug-likeness (QED) is 0.552. The fourth-order valence-corrected chi connectivity index (χ4v) is 0.970. The van der Waals surface area contributed by atoms with E-state index in [1.54, 1.807) is 14.5 Å². The molecule has 1 rings (SSSR count). The van der Waals surface area contributed by atoms with Gasteiger partial charge in [0.1, 0.15) is 0 Å². The van der Waals surface area contributed by atoms with Crippen molar-refractivity contribution in [2.45, 2.75) is 6.92 Å². The van der Waals surface area contributed by atoms with Crippen molar-refractivity contribution < 1.29 is 14.5 Å². The predicted molar refractivity (Wildman–Crippen MR) is 37.9 cm³/mol. The molecule has 0 saturated carbocycles. The third-order valence-electron chi connectivity index (χ3n) is 1.11. The molecule has 0 heterocycles. The Morgan fingerprint density at radius 2 is 1.78 bits per heavy atom. The Hall–Kier alpha value is -0.391. The minimum atomic E-state index is 1.21. The van der Waals surface area contributed by atoms with Gasteiger partial charge >= 0.3 is 61.2 Å². The Morgan fingerprint density at radius 3 is 2.22 bits per heavy atom. The van der Waals surface area contributed by atoms with Crippen molar-refractivity contribution in [1.82, 2.24) is 0 Å². The van der Waals surface area contributed by atoms with Crippen LogP contribution in [0.5, 0.6) is 0 Å². The van der Waals surface area contributed by atoms with E-state index in [4.69, 9.17) is 0 Å². The van der Waals surface area contributed by atoms with Gasteiger partial charge in [-0.2, -0.15) is 0 Å². The molecule has 0 bridgehead atoms. The first kappa shape index (κ1) is 6.73. The van der Waals surface area contributed by atoms with Gasteiger partial charge in [-0.3, -0.25) is 0 Å². The predicted octanol–water partition coefficient (Wildman–Crippen LogP) is 1.13. The Balaban J connectivity index is 3.01. The van der Waals surface area contributed by atoms with Gasteiger partial charge in [0.15, 0.2) is 0 Å². The number of hydrogen-bond acceptors (Lipinski definition) is 0. The summed E-state index contributed by atoms with van der Waals surface area (Å²) in [6.45, 7) is 2.08. The molecule has 0 saturated heterocycles. The molecule has 0 aromatic heterocycles. The van der Waals surface area contributed by atoms with E-state index in [0.717, 1.165) is 0 Å². The molecule has 1 heteroatoms. The van der Waals surface area contributed by atoms with E-state index < -0.39 is 0 Å². The van der Waals surface area contributed by atoms with Crippen molar-refractivity contribution in [2.75, 3.05) is 0 Å². The van der Waals surface area contributed by atoms with Crippen molar-refractivity contribution in [3.8, 4) is 0 Å². The van der Waals surface area contributed by atoms with Crippen LogP contribution in [0.25, 0.3) is 0 Å². The van der Waals surface area contributed by atoms with Gasteiger partial charge in [-0.05, 0) is 0 Å².